The molecule has 0 spiro atoms. The lowest BCUT2D eigenvalue weighted by atomic mass is 10.0. The molecular formula is C7H13NO. The SMILES string of the molecule is NOCC1=CCCCC1. The molecule has 0 radical (unpaired) electrons. The van der Waals surface area contributed by atoms with E-state index >= 15 is 0 Å². The highest BCUT2D eigenvalue weighted by Gasteiger charge is 2.01. The van der Waals surface area contributed by atoms with Gasteiger partial charge in [-0.15, -0.1) is 0 Å². The maximum Gasteiger partial charge on any atom is 0.0890 e. The van der Waals surface area contributed by atoms with Gasteiger partial charge in [0.1, 0.15) is 0 Å². The van der Waals surface area contributed by atoms with Gasteiger partial charge >= 0.3 is 0 Å². The van der Waals surface area contributed by atoms with Crippen molar-refractivity contribution in [2.24, 2.45) is 5.90 Å². The second kappa shape index (κ2) is 3.64. The Bertz CT molecular complexity index is 109. The van der Waals surface area contributed by atoms with E-state index in [0.717, 1.165) is 0 Å². The van der Waals surface area contributed by atoms with Gasteiger partial charge in [0.05, 0.1) is 6.61 Å². The van der Waals surface area contributed by atoms with Crippen LogP contribution in [0, 0.1) is 0 Å². The number of rotatable bonds is 2. The zero-order chi connectivity index (χ0) is 6.53. The average molecular weight is 127 g/mol. The molecule has 0 heterocycles. The third kappa shape index (κ3) is 2.16. The van der Waals surface area contributed by atoms with E-state index in [2.05, 4.69) is 10.9 Å². The number of nitrogens with two attached hydrogens (primary N) is 1. The van der Waals surface area contributed by atoms with Gasteiger partial charge in [-0.25, -0.2) is 5.90 Å². The molecule has 2 nitrogen and oxygen atoms in total. The van der Waals surface area contributed by atoms with Crippen LogP contribution in [0.5, 0.6) is 0 Å². The first-order chi connectivity index (χ1) is 4.43. The molecule has 2 N–H and O–H groups in total. The zero-order valence-corrected chi connectivity index (χ0v) is 5.60. The van der Waals surface area contributed by atoms with Crippen LogP contribution in [0.4, 0.5) is 0 Å². The van der Waals surface area contributed by atoms with Gasteiger partial charge in [-0.3, -0.25) is 0 Å². The topological polar surface area (TPSA) is 35.2 Å². The van der Waals surface area contributed by atoms with Gasteiger partial charge in [-0.1, -0.05) is 6.08 Å². The standard InChI is InChI=1S/C7H13NO/c8-9-6-7-4-2-1-3-5-7/h4H,1-3,5-6,8H2. The van der Waals surface area contributed by atoms with E-state index in [9.17, 15) is 0 Å². The van der Waals surface area contributed by atoms with Crippen molar-refractivity contribution < 1.29 is 4.84 Å². The van der Waals surface area contributed by atoms with Crippen molar-refractivity contribution >= 4 is 0 Å². The molecule has 0 aromatic heterocycles. The highest BCUT2D eigenvalue weighted by Crippen LogP contribution is 2.16. The molecular weight excluding hydrogens is 114 g/mol. The Kier molecular flexibility index (Phi) is 2.74. The summed E-state index contributed by atoms with van der Waals surface area (Å²) >= 11 is 0. The van der Waals surface area contributed by atoms with Gasteiger partial charge in [0.15, 0.2) is 0 Å². The Morgan fingerprint density at radius 2 is 2.44 bits per heavy atom. The molecule has 0 bridgehead atoms. The number of hydrogen-bond acceptors (Lipinski definition) is 2. The van der Waals surface area contributed by atoms with E-state index in [1.54, 1.807) is 0 Å². The highest BCUT2D eigenvalue weighted by atomic mass is 16.6. The smallest absolute Gasteiger partial charge is 0.0890 e. The van der Waals surface area contributed by atoms with Crippen LogP contribution >= 0.6 is 0 Å². The molecule has 0 unspecified atom stereocenters. The lowest BCUT2D eigenvalue weighted by Gasteiger charge is -2.10. The van der Waals surface area contributed by atoms with E-state index in [-0.39, 0.29) is 0 Å². The molecule has 2 heteroatoms. The molecule has 9 heavy (non-hydrogen) atoms. The Morgan fingerprint density at radius 3 is 3.00 bits per heavy atom. The molecule has 0 fully saturated rings. The normalized spacial score (nSPS) is 19.4. The minimum absolute atomic E-state index is 0.625. The van der Waals surface area contributed by atoms with Gasteiger partial charge in [0, 0.05) is 0 Å². The monoisotopic (exact) mass is 127 g/mol. The molecule has 1 aliphatic carbocycles. The van der Waals surface area contributed by atoms with Crippen molar-refractivity contribution in [2.45, 2.75) is 25.7 Å². The fourth-order valence-electron chi connectivity index (χ4n) is 1.14. The fourth-order valence-corrected chi connectivity index (χ4v) is 1.14. The third-order valence-electron chi connectivity index (χ3n) is 1.65. The molecule has 0 amide bonds. The summed E-state index contributed by atoms with van der Waals surface area (Å²) < 4.78 is 0. The molecule has 0 aromatic rings. The van der Waals surface area contributed by atoms with Crippen LogP contribution in [-0.2, 0) is 4.84 Å². The van der Waals surface area contributed by atoms with Crippen LogP contribution in [-0.4, -0.2) is 6.61 Å². The maximum absolute atomic E-state index is 4.92. The second-order valence-electron chi connectivity index (χ2n) is 2.42. The Morgan fingerprint density at radius 1 is 1.56 bits per heavy atom. The summed E-state index contributed by atoms with van der Waals surface area (Å²) in [5, 5.41) is 0. The van der Waals surface area contributed by atoms with Crippen LogP contribution in [0.15, 0.2) is 11.6 Å². The first-order valence-electron chi connectivity index (χ1n) is 3.43. The number of hydrogen-bond donors (Lipinski definition) is 1. The molecule has 0 atom stereocenters. The molecule has 0 aliphatic heterocycles. The van der Waals surface area contributed by atoms with Crippen molar-refractivity contribution in [2.75, 3.05) is 6.61 Å². The molecule has 1 rings (SSSR count). The van der Waals surface area contributed by atoms with Crippen LogP contribution in [0.3, 0.4) is 0 Å². The summed E-state index contributed by atoms with van der Waals surface area (Å²) in [5.41, 5.74) is 1.36. The highest BCUT2D eigenvalue weighted by molar-refractivity contribution is 5.04. The van der Waals surface area contributed by atoms with Gasteiger partial charge in [0.25, 0.3) is 0 Å². The molecule has 0 saturated carbocycles. The first-order valence-corrected chi connectivity index (χ1v) is 3.43. The van der Waals surface area contributed by atoms with E-state index in [1.807, 2.05) is 0 Å². The van der Waals surface area contributed by atoms with Crippen molar-refractivity contribution in [3.8, 4) is 0 Å². The van der Waals surface area contributed by atoms with Gasteiger partial charge < -0.3 is 4.84 Å². The van der Waals surface area contributed by atoms with Crippen molar-refractivity contribution in [1.82, 2.24) is 0 Å². The van der Waals surface area contributed by atoms with E-state index < -0.39 is 0 Å². The Balaban J connectivity index is 2.28. The van der Waals surface area contributed by atoms with Gasteiger partial charge in [0.2, 0.25) is 0 Å². The summed E-state index contributed by atoms with van der Waals surface area (Å²) in [6.07, 6.45) is 7.25. The maximum atomic E-state index is 4.92. The number of allylic oxidation sites excluding steroid dienone is 1. The van der Waals surface area contributed by atoms with E-state index in [1.165, 1.54) is 31.3 Å². The van der Waals surface area contributed by atoms with Crippen molar-refractivity contribution in [1.29, 1.82) is 0 Å². The minimum atomic E-state index is 0.625. The predicted octanol–water partition coefficient (Wildman–Crippen LogP) is 1.38. The summed E-state index contributed by atoms with van der Waals surface area (Å²) in [5.74, 6) is 4.92. The summed E-state index contributed by atoms with van der Waals surface area (Å²) in [6, 6.07) is 0. The third-order valence-corrected chi connectivity index (χ3v) is 1.65. The second-order valence-corrected chi connectivity index (χ2v) is 2.42. The van der Waals surface area contributed by atoms with Crippen molar-refractivity contribution in [3.63, 3.8) is 0 Å². The molecule has 1 aliphatic rings. The van der Waals surface area contributed by atoms with Crippen LogP contribution in [0.25, 0.3) is 0 Å². The van der Waals surface area contributed by atoms with Crippen LogP contribution in [0.2, 0.25) is 0 Å². The lowest BCUT2D eigenvalue weighted by molar-refractivity contribution is 0.158. The van der Waals surface area contributed by atoms with Crippen molar-refractivity contribution in [3.05, 3.63) is 11.6 Å². The van der Waals surface area contributed by atoms with Gasteiger partial charge in [-0.05, 0) is 31.3 Å². The molecule has 0 aromatic carbocycles. The largest absolute Gasteiger partial charge is 0.300 e. The summed E-state index contributed by atoms with van der Waals surface area (Å²) in [7, 11) is 0. The zero-order valence-electron chi connectivity index (χ0n) is 5.60. The van der Waals surface area contributed by atoms with Gasteiger partial charge in [-0.2, -0.15) is 0 Å². The van der Waals surface area contributed by atoms with E-state index in [0.29, 0.717) is 6.61 Å². The molecule has 0 saturated heterocycles. The first kappa shape index (κ1) is 6.78. The predicted molar refractivity (Wildman–Crippen MR) is 36.7 cm³/mol. The Hall–Kier alpha value is -0.340. The summed E-state index contributed by atoms with van der Waals surface area (Å²) in [6.45, 7) is 0.625. The quantitative estimate of drug-likeness (QED) is 0.449. The lowest BCUT2D eigenvalue weighted by Crippen LogP contribution is -2.05. The molecule has 52 valence electrons. The average Bonchev–Trinajstić information content (AvgIpc) is 1.91. The Labute approximate surface area is 55.6 Å². The van der Waals surface area contributed by atoms with Crippen LogP contribution < -0.4 is 5.90 Å². The van der Waals surface area contributed by atoms with E-state index in [4.69, 9.17) is 5.90 Å². The minimum Gasteiger partial charge on any atom is -0.300 e. The fraction of sp³-hybridized carbons (Fsp3) is 0.714. The van der Waals surface area contributed by atoms with Crippen LogP contribution in [0.1, 0.15) is 25.7 Å². The summed E-state index contributed by atoms with van der Waals surface area (Å²) in [4.78, 5) is 4.51.